The van der Waals surface area contributed by atoms with Gasteiger partial charge in [0.2, 0.25) is 5.91 Å². The van der Waals surface area contributed by atoms with Crippen LogP contribution in [0.4, 0.5) is 27.5 Å². The molecule has 2 aromatic carbocycles. The van der Waals surface area contributed by atoms with Gasteiger partial charge in [-0.15, -0.1) is 0 Å². The van der Waals surface area contributed by atoms with Crippen molar-refractivity contribution in [2.75, 3.05) is 28.6 Å². The maximum Gasteiger partial charge on any atom is 0.316 e. The van der Waals surface area contributed by atoms with Crippen LogP contribution in [0.1, 0.15) is 18.4 Å². The van der Waals surface area contributed by atoms with E-state index in [0.29, 0.717) is 17.9 Å². The molecule has 146 valence electrons. The number of rotatable bonds is 6. The lowest BCUT2D eigenvalue weighted by atomic mass is 9.99. The fourth-order valence-electron chi connectivity index (χ4n) is 3.35. The highest BCUT2D eigenvalue weighted by atomic mass is 16.6. The molecule has 4 N–H and O–H groups in total. The first-order valence-electron chi connectivity index (χ1n) is 8.93. The first kappa shape index (κ1) is 19.2. The molecule has 0 radical (unpaired) electrons. The van der Waals surface area contributed by atoms with Crippen LogP contribution in [-0.4, -0.2) is 30.0 Å². The molecule has 2 aromatic rings. The molecule has 0 aromatic heterocycles. The molecule has 9 nitrogen and oxygen atoms in total. The maximum atomic E-state index is 12.7. The number of nitrogens with zero attached hydrogens (tertiary/aromatic N) is 2. The van der Waals surface area contributed by atoms with Gasteiger partial charge in [-0.25, -0.2) is 4.79 Å². The molecule has 0 unspecified atom stereocenters. The molecule has 0 fully saturated rings. The van der Waals surface area contributed by atoms with Gasteiger partial charge in [-0.2, -0.15) is 0 Å². The third-order valence-electron chi connectivity index (χ3n) is 4.56. The predicted octanol–water partition coefficient (Wildman–Crippen LogP) is 2.87. The number of hydrogen-bond donors (Lipinski definition) is 3. The Morgan fingerprint density at radius 3 is 2.64 bits per heavy atom. The lowest BCUT2D eigenvalue weighted by Gasteiger charge is -2.31. The molecule has 0 aliphatic carbocycles. The topological polar surface area (TPSA) is 131 Å². The minimum absolute atomic E-state index is 0.0274. The number of nitrogens with one attached hydrogen (secondary N) is 2. The quantitative estimate of drug-likeness (QED) is 0.521. The smallest absolute Gasteiger partial charge is 0.316 e. The Morgan fingerprint density at radius 1 is 1.14 bits per heavy atom. The summed E-state index contributed by atoms with van der Waals surface area (Å²) in [6, 6.07) is 11.0. The Balaban J connectivity index is 1.68. The second-order valence-electron chi connectivity index (χ2n) is 6.39. The van der Waals surface area contributed by atoms with E-state index in [-0.39, 0.29) is 24.6 Å². The average Bonchev–Trinajstić information content (AvgIpc) is 2.67. The minimum Gasteiger partial charge on any atom is -0.379 e. The van der Waals surface area contributed by atoms with E-state index in [0.717, 1.165) is 24.1 Å². The molecule has 0 bridgehead atoms. The van der Waals surface area contributed by atoms with Crippen LogP contribution in [0, 0.1) is 10.1 Å². The Morgan fingerprint density at radius 2 is 1.89 bits per heavy atom. The molecule has 0 atom stereocenters. The largest absolute Gasteiger partial charge is 0.379 e. The highest BCUT2D eigenvalue weighted by Gasteiger charge is 2.24. The molecule has 1 aliphatic heterocycles. The minimum atomic E-state index is -0.648. The summed E-state index contributed by atoms with van der Waals surface area (Å²) < 4.78 is 0. The standard InChI is InChI=1S/C19H21N5O4/c20-19(26)22-14-7-3-9-16-13(14)5-4-12-23(16)18(25)10-11-21-15-6-1-2-8-17(15)24(27)28/h1-3,6-9,21H,4-5,10-12H2,(H3,20,22,26). The second kappa shape index (κ2) is 8.38. The van der Waals surface area contributed by atoms with Gasteiger partial charge in [-0.3, -0.25) is 14.9 Å². The summed E-state index contributed by atoms with van der Waals surface area (Å²) in [4.78, 5) is 36.2. The van der Waals surface area contributed by atoms with Crippen molar-refractivity contribution in [3.63, 3.8) is 0 Å². The van der Waals surface area contributed by atoms with Gasteiger partial charge in [-0.05, 0) is 36.6 Å². The molecule has 1 heterocycles. The maximum absolute atomic E-state index is 12.7. The van der Waals surface area contributed by atoms with E-state index >= 15 is 0 Å². The number of fused-ring (bicyclic) bond motifs is 1. The van der Waals surface area contributed by atoms with Gasteiger partial charge in [0, 0.05) is 37.0 Å². The lowest BCUT2D eigenvalue weighted by Crippen LogP contribution is -2.36. The Hall–Kier alpha value is -3.62. The van der Waals surface area contributed by atoms with Gasteiger partial charge in [-0.1, -0.05) is 18.2 Å². The number of primary amides is 1. The van der Waals surface area contributed by atoms with Gasteiger partial charge in [0.25, 0.3) is 5.69 Å². The number of carbonyl (C=O) groups excluding carboxylic acids is 2. The molecule has 0 spiro atoms. The lowest BCUT2D eigenvalue weighted by molar-refractivity contribution is -0.384. The van der Waals surface area contributed by atoms with E-state index in [1.54, 1.807) is 35.2 Å². The first-order chi connectivity index (χ1) is 13.5. The molecule has 0 saturated carbocycles. The Kier molecular flexibility index (Phi) is 5.73. The van der Waals surface area contributed by atoms with E-state index in [4.69, 9.17) is 5.73 Å². The van der Waals surface area contributed by atoms with Crippen LogP contribution in [0.5, 0.6) is 0 Å². The van der Waals surface area contributed by atoms with Crippen molar-refractivity contribution in [1.82, 2.24) is 0 Å². The molecular formula is C19H21N5O4. The number of urea groups is 1. The number of hydrogen-bond acceptors (Lipinski definition) is 5. The fourth-order valence-corrected chi connectivity index (χ4v) is 3.35. The van der Waals surface area contributed by atoms with Crippen molar-refractivity contribution < 1.29 is 14.5 Å². The van der Waals surface area contributed by atoms with Crippen molar-refractivity contribution in [3.05, 3.63) is 58.1 Å². The third-order valence-corrected chi connectivity index (χ3v) is 4.56. The van der Waals surface area contributed by atoms with Crippen molar-refractivity contribution in [1.29, 1.82) is 0 Å². The normalized spacial score (nSPS) is 12.8. The SMILES string of the molecule is NC(=O)Nc1cccc2c1CCCN2C(=O)CCNc1ccccc1[N+](=O)[O-]. The van der Waals surface area contributed by atoms with Crippen LogP contribution in [-0.2, 0) is 11.2 Å². The average molecular weight is 383 g/mol. The Labute approximate surface area is 161 Å². The summed E-state index contributed by atoms with van der Waals surface area (Å²) >= 11 is 0. The van der Waals surface area contributed by atoms with Crippen LogP contribution in [0.15, 0.2) is 42.5 Å². The van der Waals surface area contributed by atoms with E-state index in [2.05, 4.69) is 10.6 Å². The number of nitro groups is 1. The molecule has 0 saturated heterocycles. The monoisotopic (exact) mass is 383 g/mol. The molecule has 3 amide bonds. The summed E-state index contributed by atoms with van der Waals surface area (Å²) in [6.45, 7) is 0.853. The van der Waals surface area contributed by atoms with Crippen LogP contribution in [0.25, 0.3) is 0 Å². The molecule has 28 heavy (non-hydrogen) atoms. The van der Waals surface area contributed by atoms with Crippen molar-refractivity contribution in [2.45, 2.75) is 19.3 Å². The van der Waals surface area contributed by atoms with Crippen molar-refractivity contribution >= 4 is 34.7 Å². The van der Waals surface area contributed by atoms with Crippen LogP contribution in [0.2, 0.25) is 0 Å². The summed E-state index contributed by atoms with van der Waals surface area (Å²) in [5.41, 5.74) is 7.83. The first-order valence-corrected chi connectivity index (χ1v) is 8.93. The molecule has 9 heteroatoms. The number of carbonyl (C=O) groups is 2. The fraction of sp³-hybridized carbons (Fsp3) is 0.263. The van der Waals surface area contributed by atoms with E-state index < -0.39 is 11.0 Å². The zero-order valence-corrected chi connectivity index (χ0v) is 15.2. The molecule has 3 rings (SSSR count). The zero-order chi connectivity index (χ0) is 20.1. The summed E-state index contributed by atoms with van der Waals surface area (Å²) in [5, 5.41) is 16.6. The van der Waals surface area contributed by atoms with Gasteiger partial charge < -0.3 is 21.3 Å². The number of benzene rings is 2. The third kappa shape index (κ3) is 4.20. The van der Waals surface area contributed by atoms with E-state index in [1.165, 1.54) is 6.07 Å². The second-order valence-corrected chi connectivity index (χ2v) is 6.39. The summed E-state index contributed by atoms with van der Waals surface area (Å²) in [5.74, 6) is -0.0942. The van der Waals surface area contributed by atoms with E-state index in [1.807, 2.05) is 6.07 Å². The highest BCUT2D eigenvalue weighted by Crippen LogP contribution is 2.33. The number of nitro benzene ring substituents is 1. The van der Waals surface area contributed by atoms with Gasteiger partial charge in [0.1, 0.15) is 5.69 Å². The van der Waals surface area contributed by atoms with Crippen molar-refractivity contribution in [3.8, 4) is 0 Å². The molecule has 1 aliphatic rings. The predicted molar refractivity (Wildman–Crippen MR) is 107 cm³/mol. The summed E-state index contributed by atoms with van der Waals surface area (Å²) in [6.07, 6.45) is 1.69. The van der Waals surface area contributed by atoms with Gasteiger partial charge >= 0.3 is 6.03 Å². The van der Waals surface area contributed by atoms with Crippen molar-refractivity contribution in [2.24, 2.45) is 5.73 Å². The van der Waals surface area contributed by atoms with Gasteiger partial charge in [0.15, 0.2) is 0 Å². The highest BCUT2D eigenvalue weighted by molar-refractivity contribution is 5.97. The Bertz CT molecular complexity index is 915. The number of nitrogens with two attached hydrogens (primary N) is 1. The number of amides is 3. The number of anilines is 3. The zero-order valence-electron chi connectivity index (χ0n) is 15.2. The van der Waals surface area contributed by atoms with E-state index in [9.17, 15) is 19.7 Å². The summed E-state index contributed by atoms with van der Waals surface area (Å²) in [7, 11) is 0. The van der Waals surface area contributed by atoms with Crippen LogP contribution < -0.4 is 21.3 Å². The number of para-hydroxylation sites is 2. The van der Waals surface area contributed by atoms with Crippen LogP contribution in [0.3, 0.4) is 0 Å². The van der Waals surface area contributed by atoms with Crippen LogP contribution >= 0.6 is 0 Å². The van der Waals surface area contributed by atoms with Gasteiger partial charge in [0.05, 0.1) is 4.92 Å². The molecular weight excluding hydrogens is 362 g/mol.